The summed E-state index contributed by atoms with van der Waals surface area (Å²) in [7, 11) is 0. The summed E-state index contributed by atoms with van der Waals surface area (Å²) in [5.41, 5.74) is 0.0683. The Morgan fingerprint density at radius 1 is 1.13 bits per heavy atom. The summed E-state index contributed by atoms with van der Waals surface area (Å²) in [6.45, 7) is 5.91. The number of likely N-dealkylation sites (tertiary alicyclic amines) is 1. The minimum Gasteiger partial charge on any atom is -0.456 e. The number of imide groups is 1. The number of esters is 1. The fourth-order valence-corrected chi connectivity index (χ4v) is 3.81. The standard InChI is InChI=1S/C24H26N2O4/c1-3-15-24(22(28)30-18(2)19-11-6-4-7-12-19)16-10-17-26(24)23(29)25-21(27)20-13-8-5-9-14-20/h3-9,11-14,18H,1,10,15-17H2,2H3,(H,25,27,29)/t18?,24-/m0/s1. The topological polar surface area (TPSA) is 75.7 Å². The molecule has 2 aromatic rings. The van der Waals surface area contributed by atoms with Crippen molar-refractivity contribution in [3.05, 3.63) is 84.4 Å². The van der Waals surface area contributed by atoms with Crippen LogP contribution in [0.5, 0.6) is 0 Å². The SMILES string of the molecule is C=CC[C@@]1(C(=O)OC(C)c2ccccc2)CCCN1C(=O)NC(=O)c1ccccc1. The normalized spacial score (nSPS) is 19.0. The maximum Gasteiger partial charge on any atom is 0.333 e. The second-order valence-electron chi connectivity index (χ2n) is 7.36. The van der Waals surface area contributed by atoms with E-state index in [1.807, 2.05) is 30.3 Å². The number of rotatable bonds is 6. The van der Waals surface area contributed by atoms with Crippen LogP contribution in [0.1, 0.15) is 48.2 Å². The van der Waals surface area contributed by atoms with Gasteiger partial charge < -0.3 is 9.64 Å². The Kier molecular flexibility index (Phi) is 6.67. The van der Waals surface area contributed by atoms with Crippen LogP contribution in [0.25, 0.3) is 0 Å². The Morgan fingerprint density at radius 3 is 2.40 bits per heavy atom. The van der Waals surface area contributed by atoms with Gasteiger partial charge in [0.25, 0.3) is 5.91 Å². The molecule has 0 saturated carbocycles. The van der Waals surface area contributed by atoms with Crippen LogP contribution in [0.4, 0.5) is 4.79 Å². The number of hydrogen-bond donors (Lipinski definition) is 1. The molecule has 1 fully saturated rings. The number of ether oxygens (including phenoxy) is 1. The molecule has 6 heteroatoms. The van der Waals surface area contributed by atoms with E-state index in [1.165, 1.54) is 4.90 Å². The monoisotopic (exact) mass is 406 g/mol. The Balaban J connectivity index is 1.77. The third kappa shape index (κ3) is 4.43. The first-order valence-electron chi connectivity index (χ1n) is 10.0. The van der Waals surface area contributed by atoms with Gasteiger partial charge >= 0.3 is 12.0 Å². The summed E-state index contributed by atoms with van der Waals surface area (Å²) in [6.07, 6.45) is 2.48. The fourth-order valence-electron chi connectivity index (χ4n) is 3.81. The molecule has 1 unspecified atom stereocenters. The molecule has 6 nitrogen and oxygen atoms in total. The Labute approximate surface area is 176 Å². The van der Waals surface area contributed by atoms with Gasteiger partial charge in [-0.1, -0.05) is 54.6 Å². The van der Waals surface area contributed by atoms with Crippen LogP contribution in [-0.4, -0.2) is 34.9 Å². The molecule has 1 aliphatic rings. The van der Waals surface area contributed by atoms with Crippen molar-refractivity contribution >= 4 is 17.9 Å². The number of nitrogens with one attached hydrogen (secondary N) is 1. The third-order valence-electron chi connectivity index (χ3n) is 5.41. The summed E-state index contributed by atoms with van der Waals surface area (Å²) < 4.78 is 5.75. The van der Waals surface area contributed by atoms with E-state index in [4.69, 9.17) is 4.74 Å². The largest absolute Gasteiger partial charge is 0.456 e. The number of urea groups is 1. The predicted molar refractivity (Wildman–Crippen MR) is 114 cm³/mol. The van der Waals surface area contributed by atoms with Gasteiger partial charge in [0.2, 0.25) is 0 Å². The Bertz CT molecular complexity index is 913. The molecule has 2 aromatic carbocycles. The van der Waals surface area contributed by atoms with Crippen molar-refractivity contribution in [1.82, 2.24) is 10.2 Å². The molecule has 0 aliphatic carbocycles. The number of nitrogens with zero attached hydrogens (tertiary/aromatic N) is 1. The maximum atomic E-state index is 13.2. The lowest BCUT2D eigenvalue weighted by molar-refractivity contribution is -0.160. The van der Waals surface area contributed by atoms with Crippen LogP contribution in [0.3, 0.4) is 0 Å². The molecule has 2 atom stereocenters. The van der Waals surface area contributed by atoms with Crippen molar-refractivity contribution in [2.75, 3.05) is 6.54 Å². The maximum absolute atomic E-state index is 13.2. The molecule has 156 valence electrons. The summed E-state index contributed by atoms with van der Waals surface area (Å²) in [5.74, 6) is -0.996. The number of carbonyl (C=O) groups excluding carboxylic acids is 3. The van der Waals surface area contributed by atoms with Crippen LogP contribution >= 0.6 is 0 Å². The molecule has 0 spiro atoms. The van der Waals surface area contributed by atoms with Crippen molar-refractivity contribution in [3.63, 3.8) is 0 Å². The average Bonchev–Trinajstić information content (AvgIpc) is 3.20. The van der Waals surface area contributed by atoms with Crippen molar-refractivity contribution in [2.24, 2.45) is 0 Å². The number of hydrogen-bond acceptors (Lipinski definition) is 4. The first-order valence-corrected chi connectivity index (χ1v) is 10.0. The van der Waals surface area contributed by atoms with Gasteiger partial charge in [0.1, 0.15) is 11.6 Å². The van der Waals surface area contributed by atoms with Gasteiger partial charge in [-0.05, 0) is 43.9 Å². The highest BCUT2D eigenvalue weighted by Gasteiger charge is 2.50. The first kappa shape index (κ1) is 21.3. The molecule has 0 bridgehead atoms. The highest BCUT2D eigenvalue weighted by atomic mass is 16.5. The average molecular weight is 406 g/mol. The van der Waals surface area contributed by atoms with Gasteiger partial charge in [0.05, 0.1) is 0 Å². The number of benzene rings is 2. The van der Waals surface area contributed by atoms with E-state index < -0.39 is 29.6 Å². The Morgan fingerprint density at radius 2 is 1.77 bits per heavy atom. The van der Waals surface area contributed by atoms with Crippen LogP contribution in [-0.2, 0) is 9.53 Å². The van der Waals surface area contributed by atoms with Gasteiger partial charge in [0, 0.05) is 12.1 Å². The zero-order valence-corrected chi connectivity index (χ0v) is 17.0. The highest BCUT2D eigenvalue weighted by molar-refractivity contribution is 6.05. The number of amides is 3. The summed E-state index contributed by atoms with van der Waals surface area (Å²) in [5, 5.41) is 2.40. The first-order chi connectivity index (χ1) is 14.5. The zero-order valence-electron chi connectivity index (χ0n) is 17.0. The van der Waals surface area contributed by atoms with Crippen LogP contribution < -0.4 is 5.32 Å². The quantitative estimate of drug-likeness (QED) is 0.575. The second kappa shape index (κ2) is 9.39. The van der Waals surface area contributed by atoms with E-state index in [0.717, 1.165) is 5.56 Å². The second-order valence-corrected chi connectivity index (χ2v) is 7.36. The lowest BCUT2D eigenvalue weighted by atomic mass is 9.92. The van der Waals surface area contributed by atoms with Gasteiger partial charge in [-0.25, -0.2) is 9.59 Å². The molecule has 1 aliphatic heterocycles. The lowest BCUT2D eigenvalue weighted by Gasteiger charge is -2.36. The van der Waals surface area contributed by atoms with E-state index in [1.54, 1.807) is 43.3 Å². The Hall–Kier alpha value is -3.41. The lowest BCUT2D eigenvalue weighted by Crippen LogP contribution is -2.57. The van der Waals surface area contributed by atoms with Crippen molar-refractivity contribution < 1.29 is 19.1 Å². The smallest absolute Gasteiger partial charge is 0.333 e. The third-order valence-corrected chi connectivity index (χ3v) is 5.41. The highest BCUT2D eigenvalue weighted by Crippen LogP contribution is 2.36. The summed E-state index contributed by atoms with van der Waals surface area (Å²) in [4.78, 5) is 40.0. The van der Waals surface area contributed by atoms with E-state index in [2.05, 4.69) is 11.9 Å². The van der Waals surface area contributed by atoms with E-state index in [9.17, 15) is 14.4 Å². The molecular weight excluding hydrogens is 380 g/mol. The van der Waals surface area contributed by atoms with E-state index in [0.29, 0.717) is 24.9 Å². The van der Waals surface area contributed by atoms with Crippen molar-refractivity contribution in [1.29, 1.82) is 0 Å². The van der Waals surface area contributed by atoms with E-state index in [-0.39, 0.29) is 6.42 Å². The minimum absolute atomic E-state index is 0.250. The molecule has 1 N–H and O–H groups in total. The van der Waals surface area contributed by atoms with Gasteiger partial charge in [-0.2, -0.15) is 0 Å². The van der Waals surface area contributed by atoms with Crippen LogP contribution in [0.2, 0.25) is 0 Å². The van der Waals surface area contributed by atoms with Gasteiger partial charge in [0.15, 0.2) is 0 Å². The van der Waals surface area contributed by atoms with Crippen molar-refractivity contribution in [3.8, 4) is 0 Å². The van der Waals surface area contributed by atoms with Crippen molar-refractivity contribution in [2.45, 2.75) is 37.8 Å². The predicted octanol–water partition coefficient (Wildman–Crippen LogP) is 4.25. The molecule has 3 amide bonds. The van der Waals surface area contributed by atoms with E-state index >= 15 is 0 Å². The van der Waals surface area contributed by atoms with Gasteiger partial charge in [-0.15, -0.1) is 6.58 Å². The molecule has 30 heavy (non-hydrogen) atoms. The fraction of sp³-hybridized carbons (Fsp3) is 0.292. The molecule has 1 saturated heterocycles. The summed E-state index contributed by atoms with van der Waals surface area (Å²) in [6, 6.07) is 17.3. The minimum atomic E-state index is -1.17. The molecule has 0 radical (unpaired) electrons. The number of carbonyl (C=O) groups is 3. The van der Waals surface area contributed by atoms with Crippen LogP contribution in [0.15, 0.2) is 73.3 Å². The van der Waals surface area contributed by atoms with Gasteiger partial charge in [-0.3, -0.25) is 10.1 Å². The molecule has 0 aromatic heterocycles. The van der Waals surface area contributed by atoms with Crippen LogP contribution in [0, 0.1) is 0 Å². The summed E-state index contributed by atoms with van der Waals surface area (Å²) >= 11 is 0. The zero-order chi connectivity index (χ0) is 21.6. The molecule has 3 rings (SSSR count). The molecule has 1 heterocycles. The molecular formula is C24H26N2O4.